The number of amides is 2. The summed E-state index contributed by atoms with van der Waals surface area (Å²) < 4.78 is 26.6. The number of halogens is 1. The van der Waals surface area contributed by atoms with Gasteiger partial charge < -0.3 is 10.6 Å². The van der Waals surface area contributed by atoms with Crippen molar-refractivity contribution in [3.8, 4) is 0 Å². The van der Waals surface area contributed by atoms with Gasteiger partial charge in [0.05, 0.1) is 22.2 Å². The second-order valence-electron chi connectivity index (χ2n) is 5.06. The Morgan fingerprint density at radius 3 is 2.24 bits per heavy atom. The Morgan fingerprint density at radius 2 is 1.64 bits per heavy atom. The van der Waals surface area contributed by atoms with Crippen LogP contribution in [-0.2, 0) is 19.6 Å². The van der Waals surface area contributed by atoms with Crippen LogP contribution >= 0.6 is 11.6 Å². The molecule has 0 unspecified atom stereocenters. The maximum atomic E-state index is 12.2. The lowest BCUT2D eigenvalue weighted by Gasteiger charge is -2.09. The van der Waals surface area contributed by atoms with E-state index >= 15 is 0 Å². The number of benzene rings is 2. The summed E-state index contributed by atoms with van der Waals surface area (Å²) in [5.74, 6) is -0.809. The highest BCUT2D eigenvalue weighted by Gasteiger charge is 2.16. The maximum Gasteiger partial charge on any atom is 0.241 e. The average Bonchev–Trinajstić information content (AvgIpc) is 2.55. The van der Waals surface area contributed by atoms with Gasteiger partial charge in [0.1, 0.15) is 0 Å². The zero-order chi connectivity index (χ0) is 18.4. The molecule has 3 N–H and O–H groups in total. The van der Waals surface area contributed by atoms with Crippen LogP contribution in [0.4, 0.5) is 11.4 Å². The molecule has 132 valence electrons. The predicted molar refractivity (Wildman–Crippen MR) is 96.0 cm³/mol. The van der Waals surface area contributed by atoms with Crippen molar-refractivity contribution in [3.63, 3.8) is 0 Å². The van der Waals surface area contributed by atoms with Crippen LogP contribution < -0.4 is 15.4 Å². The second-order valence-corrected chi connectivity index (χ2v) is 7.23. The fourth-order valence-electron chi connectivity index (χ4n) is 1.92. The number of para-hydroxylation sites is 1. The van der Waals surface area contributed by atoms with Gasteiger partial charge in [0.2, 0.25) is 21.8 Å². The molecule has 0 aliphatic rings. The summed E-state index contributed by atoms with van der Waals surface area (Å²) >= 11 is 5.92. The Kier molecular flexibility index (Phi) is 6.13. The molecule has 2 rings (SSSR count). The topological polar surface area (TPSA) is 104 Å². The van der Waals surface area contributed by atoms with Gasteiger partial charge >= 0.3 is 0 Å². The number of rotatable bonds is 6. The zero-order valence-electron chi connectivity index (χ0n) is 13.2. The fraction of sp³-hybridized carbons (Fsp3) is 0.125. The Morgan fingerprint density at radius 1 is 1.00 bits per heavy atom. The molecular weight excluding hydrogens is 366 g/mol. The molecule has 0 aliphatic carbocycles. The third-order valence-corrected chi connectivity index (χ3v) is 4.80. The van der Waals surface area contributed by atoms with Crippen LogP contribution in [0.15, 0.2) is 53.4 Å². The molecule has 0 spiro atoms. The molecule has 0 bridgehead atoms. The summed E-state index contributed by atoms with van der Waals surface area (Å²) in [6.07, 6.45) is 0. The smallest absolute Gasteiger partial charge is 0.241 e. The fourth-order valence-corrected chi connectivity index (χ4v) is 3.09. The number of carbonyl (C=O) groups excluding carboxylic acids is 2. The monoisotopic (exact) mass is 381 g/mol. The van der Waals surface area contributed by atoms with Crippen molar-refractivity contribution < 1.29 is 18.0 Å². The lowest BCUT2D eigenvalue weighted by Crippen LogP contribution is -2.32. The van der Waals surface area contributed by atoms with Gasteiger partial charge in [-0.05, 0) is 36.4 Å². The van der Waals surface area contributed by atoms with E-state index in [0.29, 0.717) is 16.4 Å². The molecule has 0 fully saturated rings. The number of anilines is 2. The minimum Gasteiger partial charge on any atom is -0.326 e. The Labute approximate surface area is 150 Å². The van der Waals surface area contributed by atoms with Gasteiger partial charge in [-0.25, -0.2) is 13.1 Å². The van der Waals surface area contributed by atoms with Crippen molar-refractivity contribution in [2.75, 3.05) is 17.2 Å². The summed E-state index contributed by atoms with van der Waals surface area (Å²) in [6, 6.07) is 12.2. The number of hydrogen-bond donors (Lipinski definition) is 3. The average molecular weight is 382 g/mol. The van der Waals surface area contributed by atoms with Crippen molar-refractivity contribution in [1.29, 1.82) is 0 Å². The third kappa shape index (κ3) is 5.56. The first-order chi connectivity index (χ1) is 11.8. The predicted octanol–water partition coefficient (Wildman–Crippen LogP) is 2.22. The molecule has 0 heterocycles. The minimum absolute atomic E-state index is 0.0212. The molecule has 0 aliphatic heterocycles. The highest BCUT2D eigenvalue weighted by molar-refractivity contribution is 7.89. The van der Waals surface area contributed by atoms with Crippen molar-refractivity contribution in [2.24, 2.45) is 0 Å². The quantitative estimate of drug-likeness (QED) is 0.713. The van der Waals surface area contributed by atoms with Crippen LogP contribution in [0, 0.1) is 0 Å². The van der Waals surface area contributed by atoms with Gasteiger partial charge in [-0.15, -0.1) is 0 Å². The van der Waals surface area contributed by atoms with E-state index in [4.69, 9.17) is 11.6 Å². The Bertz CT molecular complexity index is 883. The Balaban J connectivity index is 1.98. The summed E-state index contributed by atoms with van der Waals surface area (Å²) in [7, 11) is -3.86. The zero-order valence-corrected chi connectivity index (χ0v) is 14.8. The summed E-state index contributed by atoms with van der Waals surface area (Å²) in [5, 5.41) is 5.41. The van der Waals surface area contributed by atoms with Crippen molar-refractivity contribution in [1.82, 2.24) is 4.72 Å². The highest BCUT2D eigenvalue weighted by Crippen LogP contribution is 2.20. The molecule has 0 aromatic heterocycles. The summed E-state index contributed by atoms with van der Waals surface area (Å²) in [4.78, 5) is 22.8. The highest BCUT2D eigenvalue weighted by atomic mass is 35.5. The molecule has 2 aromatic rings. The SMILES string of the molecule is CC(=O)Nc1ccc(S(=O)(=O)NCC(=O)Nc2ccccc2Cl)cc1. The van der Waals surface area contributed by atoms with E-state index in [1.165, 1.54) is 31.2 Å². The lowest BCUT2D eigenvalue weighted by molar-refractivity contribution is -0.115. The van der Waals surface area contributed by atoms with Crippen LogP contribution in [-0.4, -0.2) is 26.8 Å². The molecule has 25 heavy (non-hydrogen) atoms. The first-order valence-corrected chi connectivity index (χ1v) is 9.06. The number of sulfonamides is 1. The third-order valence-electron chi connectivity index (χ3n) is 3.06. The Hall–Kier alpha value is -2.42. The van der Waals surface area contributed by atoms with Gasteiger partial charge in [0.25, 0.3) is 0 Å². The minimum atomic E-state index is -3.86. The van der Waals surface area contributed by atoms with Crippen LogP contribution in [0.3, 0.4) is 0 Å². The number of nitrogens with one attached hydrogen (secondary N) is 3. The maximum absolute atomic E-state index is 12.2. The second kappa shape index (κ2) is 8.11. The molecule has 9 heteroatoms. The molecule has 0 saturated heterocycles. The van der Waals surface area contributed by atoms with E-state index in [1.807, 2.05) is 0 Å². The van der Waals surface area contributed by atoms with Crippen molar-refractivity contribution in [2.45, 2.75) is 11.8 Å². The van der Waals surface area contributed by atoms with E-state index in [1.54, 1.807) is 24.3 Å². The first kappa shape index (κ1) is 18.9. The standard InChI is InChI=1S/C16H16ClN3O4S/c1-11(21)19-12-6-8-13(9-7-12)25(23,24)18-10-16(22)20-15-5-3-2-4-14(15)17/h2-9,18H,10H2,1H3,(H,19,21)(H,20,22). The van der Waals surface area contributed by atoms with Crippen LogP contribution in [0.5, 0.6) is 0 Å². The first-order valence-electron chi connectivity index (χ1n) is 7.19. The van der Waals surface area contributed by atoms with Gasteiger partial charge in [-0.2, -0.15) is 0 Å². The largest absolute Gasteiger partial charge is 0.326 e. The molecule has 0 saturated carbocycles. The lowest BCUT2D eigenvalue weighted by atomic mass is 10.3. The number of carbonyl (C=O) groups is 2. The molecule has 2 amide bonds. The number of hydrogen-bond acceptors (Lipinski definition) is 4. The molecular formula is C16H16ClN3O4S. The van der Waals surface area contributed by atoms with E-state index in [2.05, 4.69) is 15.4 Å². The van der Waals surface area contributed by atoms with E-state index < -0.39 is 22.5 Å². The van der Waals surface area contributed by atoms with Crippen LogP contribution in [0.25, 0.3) is 0 Å². The molecule has 0 radical (unpaired) electrons. The normalized spacial score (nSPS) is 11.0. The van der Waals surface area contributed by atoms with Gasteiger partial charge in [-0.1, -0.05) is 23.7 Å². The molecule has 2 aromatic carbocycles. The van der Waals surface area contributed by atoms with Crippen LogP contribution in [0.1, 0.15) is 6.92 Å². The van der Waals surface area contributed by atoms with Gasteiger partial charge in [0.15, 0.2) is 0 Å². The molecule has 7 nitrogen and oxygen atoms in total. The van der Waals surface area contributed by atoms with Gasteiger partial charge in [-0.3, -0.25) is 9.59 Å². The van der Waals surface area contributed by atoms with Crippen LogP contribution in [0.2, 0.25) is 5.02 Å². The van der Waals surface area contributed by atoms with Crippen molar-refractivity contribution >= 4 is 44.8 Å². The summed E-state index contributed by atoms with van der Waals surface area (Å²) in [5.41, 5.74) is 0.871. The van der Waals surface area contributed by atoms with E-state index in [9.17, 15) is 18.0 Å². The summed E-state index contributed by atoms with van der Waals surface area (Å²) in [6.45, 7) is 0.908. The van der Waals surface area contributed by atoms with Crippen molar-refractivity contribution in [3.05, 3.63) is 53.6 Å². The van der Waals surface area contributed by atoms with E-state index in [-0.39, 0.29) is 10.8 Å². The molecule has 0 atom stereocenters. The van der Waals surface area contributed by atoms with Gasteiger partial charge in [0, 0.05) is 12.6 Å². The van der Waals surface area contributed by atoms with E-state index in [0.717, 1.165) is 0 Å².